The number of nitrogens with zero attached hydrogens (tertiary/aromatic N) is 3. The number of aliphatic imine (C=N–C) groups is 1. The van der Waals surface area contributed by atoms with Gasteiger partial charge in [-0.2, -0.15) is 11.8 Å². The SMILES string of the molecule is CC1CCCCN1CCCCN=C(N)N1CCSCC1.I. The molecule has 0 amide bonds. The molecule has 2 fully saturated rings. The van der Waals surface area contributed by atoms with E-state index in [4.69, 9.17) is 5.73 Å². The summed E-state index contributed by atoms with van der Waals surface area (Å²) in [6.45, 7) is 7.90. The Morgan fingerprint density at radius 1 is 1.19 bits per heavy atom. The van der Waals surface area contributed by atoms with Gasteiger partial charge in [0.25, 0.3) is 0 Å². The Balaban J connectivity index is 0.00000220. The maximum Gasteiger partial charge on any atom is 0.191 e. The van der Waals surface area contributed by atoms with E-state index in [9.17, 15) is 0 Å². The molecular formula is C15H31IN4S. The largest absolute Gasteiger partial charge is 0.370 e. The number of hydrogen-bond donors (Lipinski definition) is 1. The van der Waals surface area contributed by atoms with E-state index in [0.29, 0.717) is 0 Å². The van der Waals surface area contributed by atoms with Gasteiger partial charge >= 0.3 is 0 Å². The summed E-state index contributed by atoms with van der Waals surface area (Å²) in [6, 6.07) is 0.781. The van der Waals surface area contributed by atoms with Crippen LogP contribution in [0.5, 0.6) is 0 Å². The van der Waals surface area contributed by atoms with Gasteiger partial charge in [0.1, 0.15) is 0 Å². The molecule has 0 aromatic carbocycles. The van der Waals surface area contributed by atoms with Crippen LogP contribution in [-0.2, 0) is 0 Å². The highest BCUT2D eigenvalue weighted by molar-refractivity contribution is 14.0. The first-order valence-electron chi connectivity index (χ1n) is 8.14. The lowest BCUT2D eigenvalue weighted by Gasteiger charge is -2.33. The van der Waals surface area contributed by atoms with Crippen molar-refractivity contribution < 1.29 is 0 Å². The Morgan fingerprint density at radius 2 is 1.95 bits per heavy atom. The molecule has 0 aromatic heterocycles. The number of nitrogens with two attached hydrogens (primary N) is 1. The minimum atomic E-state index is 0. The molecule has 0 spiro atoms. The van der Waals surface area contributed by atoms with Crippen LogP contribution < -0.4 is 5.73 Å². The highest BCUT2D eigenvalue weighted by Gasteiger charge is 2.17. The molecule has 2 aliphatic rings. The average Bonchev–Trinajstić information content (AvgIpc) is 2.49. The van der Waals surface area contributed by atoms with Crippen molar-refractivity contribution in [3.63, 3.8) is 0 Å². The normalized spacial score (nSPS) is 24.7. The Kier molecular flexibility index (Phi) is 10.1. The number of halogens is 1. The second-order valence-electron chi connectivity index (χ2n) is 5.93. The smallest absolute Gasteiger partial charge is 0.191 e. The van der Waals surface area contributed by atoms with E-state index in [1.807, 2.05) is 11.8 Å². The number of thioether (sulfide) groups is 1. The van der Waals surface area contributed by atoms with Crippen LogP contribution in [0.1, 0.15) is 39.0 Å². The molecule has 124 valence electrons. The topological polar surface area (TPSA) is 44.9 Å². The monoisotopic (exact) mass is 426 g/mol. The number of rotatable bonds is 5. The third kappa shape index (κ3) is 6.95. The third-order valence-electron chi connectivity index (χ3n) is 4.40. The van der Waals surface area contributed by atoms with Gasteiger partial charge in [0, 0.05) is 37.2 Å². The molecule has 0 aliphatic carbocycles. The van der Waals surface area contributed by atoms with Gasteiger partial charge in [-0.05, 0) is 45.7 Å². The fourth-order valence-corrected chi connectivity index (χ4v) is 3.91. The third-order valence-corrected chi connectivity index (χ3v) is 5.35. The number of likely N-dealkylation sites (tertiary alicyclic amines) is 1. The summed E-state index contributed by atoms with van der Waals surface area (Å²) in [5.41, 5.74) is 6.05. The fraction of sp³-hybridized carbons (Fsp3) is 0.933. The van der Waals surface area contributed by atoms with E-state index in [2.05, 4.69) is 21.7 Å². The van der Waals surface area contributed by atoms with Crippen LogP contribution >= 0.6 is 35.7 Å². The number of unbranched alkanes of at least 4 members (excludes halogenated alkanes) is 1. The fourth-order valence-electron chi connectivity index (χ4n) is 3.00. The highest BCUT2D eigenvalue weighted by atomic mass is 127. The zero-order valence-corrected chi connectivity index (χ0v) is 16.4. The summed E-state index contributed by atoms with van der Waals surface area (Å²) < 4.78 is 0. The van der Waals surface area contributed by atoms with Crippen LogP contribution in [0, 0.1) is 0 Å². The van der Waals surface area contributed by atoms with E-state index in [1.54, 1.807) is 0 Å². The van der Waals surface area contributed by atoms with Crippen LogP contribution in [0.3, 0.4) is 0 Å². The van der Waals surface area contributed by atoms with E-state index < -0.39 is 0 Å². The molecule has 2 saturated heterocycles. The van der Waals surface area contributed by atoms with Crippen molar-refractivity contribution in [2.75, 3.05) is 44.2 Å². The first kappa shape index (κ1) is 19.4. The van der Waals surface area contributed by atoms with Crippen LogP contribution in [0.4, 0.5) is 0 Å². The van der Waals surface area contributed by atoms with Crippen molar-refractivity contribution in [1.29, 1.82) is 0 Å². The molecule has 6 heteroatoms. The summed E-state index contributed by atoms with van der Waals surface area (Å²) in [5.74, 6) is 3.13. The van der Waals surface area contributed by atoms with Gasteiger partial charge in [0.05, 0.1) is 0 Å². The zero-order chi connectivity index (χ0) is 14.2. The maximum atomic E-state index is 6.05. The van der Waals surface area contributed by atoms with Gasteiger partial charge < -0.3 is 15.5 Å². The molecule has 1 atom stereocenters. The molecule has 2 rings (SSSR count). The summed E-state index contributed by atoms with van der Waals surface area (Å²) >= 11 is 2.01. The van der Waals surface area contributed by atoms with Gasteiger partial charge in [-0.1, -0.05) is 6.42 Å². The minimum absolute atomic E-state index is 0. The van der Waals surface area contributed by atoms with Crippen LogP contribution in [-0.4, -0.2) is 66.0 Å². The second kappa shape index (κ2) is 10.9. The predicted octanol–water partition coefficient (Wildman–Crippen LogP) is 2.62. The molecule has 21 heavy (non-hydrogen) atoms. The first-order chi connectivity index (χ1) is 9.77. The lowest BCUT2D eigenvalue weighted by molar-refractivity contribution is 0.158. The zero-order valence-electron chi connectivity index (χ0n) is 13.3. The number of hydrogen-bond acceptors (Lipinski definition) is 3. The molecule has 0 bridgehead atoms. The first-order valence-corrected chi connectivity index (χ1v) is 9.29. The molecule has 0 radical (unpaired) electrons. The van der Waals surface area contributed by atoms with Gasteiger partial charge in [-0.3, -0.25) is 4.99 Å². The lowest BCUT2D eigenvalue weighted by Crippen LogP contribution is -2.42. The average molecular weight is 426 g/mol. The van der Waals surface area contributed by atoms with Crippen molar-refractivity contribution in [2.45, 2.75) is 45.1 Å². The van der Waals surface area contributed by atoms with Crippen molar-refractivity contribution in [2.24, 2.45) is 10.7 Å². The van der Waals surface area contributed by atoms with Crippen LogP contribution in [0.15, 0.2) is 4.99 Å². The van der Waals surface area contributed by atoms with E-state index in [1.165, 1.54) is 50.3 Å². The highest BCUT2D eigenvalue weighted by Crippen LogP contribution is 2.16. The summed E-state index contributed by atoms with van der Waals surface area (Å²) in [5, 5.41) is 0. The van der Waals surface area contributed by atoms with Crippen molar-refractivity contribution in [3.05, 3.63) is 0 Å². The predicted molar refractivity (Wildman–Crippen MR) is 105 cm³/mol. The van der Waals surface area contributed by atoms with Crippen molar-refractivity contribution in [3.8, 4) is 0 Å². The number of guanidine groups is 1. The second-order valence-corrected chi connectivity index (χ2v) is 7.15. The molecule has 2 heterocycles. The minimum Gasteiger partial charge on any atom is -0.370 e. The van der Waals surface area contributed by atoms with Gasteiger partial charge in [-0.15, -0.1) is 24.0 Å². The molecule has 2 aliphatic heterocycles. The Labute approximate surface area is 151 Å². The lowest BCUT2D eigenvalue weighted by atomic mass is 10.0. The number of piperidine rings is 1. The van der Waals surface area contributed by atoms with Crippen molar-refractivity contribution in [1.82, 2.24) is 9.80 Å². The van der Waals surface area contributed by atoms with E-state index in [-0.39, 0.29) is 24.0 Å². The summed E-state index contributed by atoms with van der Waals surface area (Å²) in [7, 11) is 0. The molecule has 2 N–H and O–H groups in total. The Hall–Kier alpha value is 0.310. The molecule has 1 unspecified atom stereocenters. The standard InChI is InChI=1S/C15H30N4S.HI/c1-14-6-2-4-8-18(14)9-5-3-7-17-15(16)19-10-12-20-13-11-19;/h14H,2-13H2,1H3,(H2,16,17);1H. The van der Waals surface area contributed by atoms with E-state index in [0.717, 1.165) is 38.1 Å². The molecule has 0 aromatic rings. The van der Waals surface area contributed by atoms with Gasteiger partial charge in [0.15, 0.2) is 5.96 Å². The summed E-state index contributed by atoms with van der Waals surface area (Å²) in [6.07, 6.45) is 6.57. The summed E-state index contributed by atoms with van der Waals surface area (Å²) in [4.78, 5) is 9.40. The van der Waals surface area contributed by atoms with Crippen LogP contribution in [0.25, 0.3) is 0 Å². The van der Waals surface area contributed by atoms with Crippen LogP contribution in [0.2, 0.25) is 0 Å². The van der Waals surface area contributed by atoms with Gasteiger partial charge in [0.2, 0.25) is 0 Å². The quantitative estimate of drug-likeness (QED) is 0.318. The van der Waals surface area contributed by atoms with Crippen molar-refractivity contribution >= 4 is 41.7 Å². The molecule has 0 saturated carbocycles. The van der Waals surface area contributed by atoms with Gasteiger partial charge in [-0.25, -0.2) is 0 Å². The maximum absolute atomic E-state index is 6.05. The molecular weight excluding hydrogens is 395 g/mol. The molecule has 4 nitrogen and oxygen atoms in total. The Morgan fingerprint density at radius 3 is 2.67 bits per heavy atom. The Bertz CT molecular complexity index is 308. The van der Waals surface area contributed by atoms with E-state index >= 15 is 0 Å².